The third kappa shape index (κ3) is 1.14. The number of rotatable bonds is 2. The lowest BCUT2D eigenvalue weighted by Crippen LogP contribution is -2.24. The van der Waals surface area contributed by atoms with Crippen molar-refractivity contribution in [1.29, 1.82) is 0 Å². The molecular weight excluding hydrogens is 184 g/mol. The van der Waals surface area contributed by atoms with Gasteiger partial charge in [-0.3, -0.25) is 4.79 Å². The summed E-state index contributed by atoms with van der Waals surface area (Å²) in [6.07, 6.45) is 0.918. The van der Waals surface area contributed by atoms with Gasteiger partial charge in [0, 0.05) is 5.57 Å². The first-order valence-electron chi connectivity index (χ1n) is 4.75. The van der Waals surface area contributed by atoms with Crippen molar-refractivity contribution < 1.29 is 19.1 Å². The van der Waals surface area contributed by atoms with Crippen LogP contribution in [0.5, 0.6) is 0 Å². The summed E-state index contributed by atoms with van der Waals surface area (Å²) in [4.78, 5) is 22.5. The molecule has 0 saturated carbocycles. The summed E-state index contributed by atoms with van der Waals surface area (Å²) in [5, 5.41) is 0. The molecule has 0 amide bonds. The fourth-order valence-corrected chi connectivity index (χ4v) is 1.96. The molecule has 2 heterocycles. The molecule has 2 rings (SSSR count). The lowest BCUT2D eigenvalue weighted by Gasteiger charge is -2.13. The molecule has 2 aliphatic rings. The number of hydrogen-bond acceptors (Lipinski definition) is 4. The Hall–Kier alpha value is -1.32. The lowest BCUT2D eigenvalue weighted by molar-refractivity contribution is -0.149. The van der Waals surface area contributed by atoms with Crippen LogP contribution in [0.1, 0.15) is 19.8 Å². The largest absolute Gasteiger partial charge is 0.458 e. The monoisotopic (exact) mass is 196 g/mol. The van der Waals surface area contributed by atoms with E-state index in [-0.39, 0.29) is 17.6 Å². The van der Waals surface area contributed by atoms with Gasteiger partial charge in [-0.15, -0.1) is 0 Å². The van der Waals surface area contributed by atoms with Crippen LogP contribution in [0, 0.1) is 5.92 Å². The molecule has 0 N–H and O–H groups in total. The van der Waals surface area contributed by atoms with Crippen molar-refractivity contribution in [2.24, 2.45) is 5.92 Å². The zero-order valence-corrected chi connectivity index (χ0v) is 7.99. The van der Waals surface area contributed by atoms with Crippen molar-refractivity contribution in [3.05, 3.63) is 12.2 Å². The number of cyclic esters (lactones) is 1. The van der Waals surface area contributed by atoms with E-state index >= 15 is 0 Å². The van der Waals surface area contributed by atoms with E-state index in [1.54, 1.807) is 0 Å². The number of carbonyl (C=O) groups is 2. The molecule has 14 heavy (non-hydrogen) atoms. The highest BCUT2D eigenvalue weighted by Gasteiger charge is 2.54. The van der Waals surface area contributed by atoms with E-state index < -0.39 is 18.0 Å². The second-order valence-electron chi connectivity index (χ2n) is 3.64. The predicted octanol–water partition coefficient (Wildman–Crippen LogP) is 0.810. The van der Waals surface area contributed by atoms with E-state index in [0.717, 1.165) is 12.8 Å². The fourth-order valence-electron chi connectivity index (χ4n) is 1.96. The summed E-state index contributed by atoms with van der Waals surface area (Å²) in [6.45, 7) is 5.54. The number of hydrogen-bond donors (Lipinski definition) is 0. The molecule has 0 radical (unpaired) electrons. The molecule has 0 spiro atoms. The molecule has 0 bridgehead atoms. The average Bonchev–Trinajstić information content (AvgIpc) is 2.57. The van der Waals surface area contributed by atoms with Gasteiger partial charge in [0.15, 0.2) is 6.10 Å². The molecule has 3 atom stereocenters. The normalized spacial score (nSPS) is 35.5. The maximum Gasteiger partial charge on any atom is 0.334 e. The van der Waals surface area contributed by atoms with E-state index in [1.807, 2.05) is 6.92 Å². The SMILES string of the molecule is C=C1C(=O)OC2C(CCC)OC(=O)C12. The van der Waals surface area contributed by atoms with Crippen LogP contribution in [-0.4, -0.2) is 24.1 Å². The van der Waals surface area contributed by atoms with Crippen LogP contribution in [0.25, 0.3) is 0 Å². The number of fused-ring (bicyclic) bond motifs is 1. The van der Waals surface area contributed by atoms with Gasteiger partial charge >= 0.3 is 11.9 Å². The molecular formula is C10H12O4. The Morgan fingerprint density at radius 3 is 2.71 bits per heavy atom. The molecule has 3 unspecified atom stereocenters. The van der Waals surface area contributed by atoms with Gasteiger partial charge < -0.3 is 9.47 Å². The van der Waals surface area contributed by atoms with Gasteiger partial charge in [0.1, 0.15) is 12.0 Å². The highest BCUT2D eigenvalue weighted by atomic mass is 16.6. The van der Waals surface area contributed by atoms with Crippen LogP contribution < -0.4 is 0 Å². The van der Waals surface area contributed by atoms with Crippen molar-refractivity contribution in [2.45, 2.75) is 32.0 Å². The molecule has 4 heteroatoms. The Balaban J connectivity index is 2.21. The third-order valence-electron chi connectivity index (χ3n) is 2.67. The van der Waals surface area contributed by atoms with Gasteiger partial charge in [0.2, 0.25) is 0 Å². The van der Waals surface area contributed by atoms with E-state index in [2.05, 4.69) is 6.58 Å². The maximum absolute atomic E-state index is 11.4. The highest BCUT2D eigenvalue weighted by molar-refractivity contribution is 5.99. The van der Waals surface area contributed by atoms with Gasteiger partial charge in [-0.2, -0.15) is 0 Å². The van der Waals surface area contributed by atoms with E-state index in [4.69, 9.17) is 9.47 Å². The minimum Gasteiger partial charge on any atom is -0.458 e. The first kappa shape index (κ1) is 9.24. The molecule has 2 saturated heterocycles. The van der Waals surface area contributed by atoms with Crippen LogP contribution >= 0.6 is 0 Å². The lowest BCUT2D eigenvalue weighted by atomic mass is 9.95. The first-order chi connectivity index (χ1) is 6.65. The van der Waals surface area contributed by atoms with Crippen LogP contribution in [0.2, 0.25) is 0 Å². The molecule has 0 aromatic rings. The molecule has 0 aromatic heterocycles. The topological polar surface area (TPSA) is 52.6 Å². The van der Waals surface area contributed by atoms with Crippen LogP contribution in [0.3, 0.4) is 0 Å². The Morgan fingerprint density at radius 2 is 2.07 bits per heavy atom. The quantitative estimate of drug-likeness (QED) is 0.484. The number of esters is 2. The Kier molecular flexibility index (Phi) is 2.06. The van der Waals surface area contributed by atoms with Gasteiger partial charge in [-0.05, 0) is 6.42 Å². The van der Waals surface area contributed by atoms with Crippen LogP contribution in [0.4, 0.5) is 0 Å². The molecule has 76 valence electrons. The second-order valence-corrected chi connectivity index (χ2v) is 3.64. The second kappa shape index (κ2) is 3.12. The van der Waals surface area contributed by atoms with Crippen molar-refractivity contribution in [1.82, 2.24) is 0 Å². The van der Waals surface area contributed by atoms with Crippen molar-refractivity contribution in [2.75, 3.05) is 0 Å². The minimum atomic E-state index is -0.556. The van der Waals surface area contributed by atoms with Crippen molar-refractivity contribution >= 4 is 11.9 Å². The molecule has 0 aliphatic carbocycles. The van der Waals surface area contributed by atoms with E-state index in [1.165, 1.54) is 0 Å². The zero-order valence-electron chi connectivity index (χ0n) is 7.99. The molecule has 2 aliphatic heterocycles. The molecule has 0 aromatic carbocycles. The summed E-state index contributed by atoms with van der Waals surface area (Å²) in [5.74, 6) is -1.39. The first-order valence-corrected chi connectivity index (χ1v) is 4.75. The minimum absolute atomic E-state index is 0.235. The predicted molar refractivity (Wildman–Crippen MR) is 47.3 cm³/mol. The van der Waals surface area contributed by atoms with Gasteiger partial charge in [0.25, 0.3) is 0 Å². The average molecular weight is 196 g/mol. The summed E-state index contributed by atoms with van der Waals surface area (Å²) in [7, 11) is 0. The summed E-state index contributed by atoms with van der Waals surface area (Å²) < 4.78 is 10.2. The standard InChI is InChI=1S/C10H12O4/c1-3-4-6-8-7(10(12)13-6)5(2)9(11)14-8/h6-8H,2-4H2,1H3. The van der Waals surface area contributed by atoms with Crippen molar-refractivity contribution in [3.63, 3.8) is 0 Å². The van der Waals surface area contributed by atoms with E-state index in [0.29, 0.717) is 0 Å². The van der Waals surface area contributed by atoms with Gasteiger partial charge in [0.05, 0.1) is 0 Å². The van der Waals surface area contributed by atoms with Crippen molar-refractivity contribution in [3.8, 4) is 0 Å². The third-order valence-corrected chi connectivity index (χ3v) is 2.67. The molecule has 4 nitrogen and oxygen atoms in total. The Morgan fingerprint density at radius 1 is 1.36 bits per heavy atom. The van der Waals surface area contributed by atoms with E-state index in [9.17, 15) is 9.59 Å². The summed E-state index contributed by atoms with van der Waals surface area (Å²) >= 11 is 0. The fraction of sp³-hybridized carbons (Fsp3) is 0.600. The summed E-state index contributed by atoms with van der Waals surface area (Å²) in [6, 6.07) is 0. The van der Waals surface area contributed by atoms with Crippen LogP contribution in [0.15, 0.2) is 12.2 Å². The molecule has 2 fully saturated rings. The maximum atomic E-state index is 11.4. The highest BCUT2D eigenvalue weighted by Crippen LogP contribution is 2.37. The van der Waals surface area contributed by atoms with Gasteiger partial charge in [-0.25, -0.2) is 4.79 Å². The number of carbonyl (C=O) groups excluding carboxylic acids is 2. The Bertz CT molecular complexity index is 307. The van der Waals surface area contributed by atoms with Gasteiger partial charge in [-0.1, -0.05) is 19.9 Å². The summed E-state index contributed by atoms with van der Waals surface area (Å²) in [5.41, 5.74) is 0.235. The van der Waals surface area contributed by atoms with Crippen LogP contribution in [-0.2, 0) is 19.1 Å². The Labute approximate surface area is 81.9 Å². The smallest absolute Gasteiger partial charge is 0.334 e. The number of ether oxygens (including phenoxy) is 2. The zero-order chi connectivity index (χ0) is 10.3.